The summed E-state index contributed by atoms with van der Waals surface area (Å²) in [5.41, 5.74) is 8.18. The highest BCUT2D eigenvalue weighted by molar-refractivity contribution is 5.94. The quantitative estimate of drug-likeness (QED) is 0.909. The van der Waals surface area contributed by atoms with Crippen LogP contribution in [0.2, 0.25) is 0 Å². The van der Waals surface area contributed by atoms with Gasteiger partial charge in [0.2, 0.25) is 0 Å². The molecule has 3 atom stereocenters. The van der Waals surface area contributed by atoms with E-state index in [1.807, 2.05) is 17.0 Å². The Hall–Kier alpha value is -1.55. The highest BCUT2D eigenvalue weighted by Crippen LogP contribution is 2.37. The van der Waals surface area contributed by atoms with Crippen LogP contribution < -0.4 is 10.6 Å². The minimum absolute atomic E-state index is 0.164. The number of carbonyl (C=O) groups is 1. The number of carbonyl (C=O) groups excluding carboxylic acids is 1. The molecule has 0 aromatic heterocycles. The molecule has 4 heteroatoms. The molecular weight excluding hydrogens is 286 g/mol. The van der Waals surface area contributed by atoms with Gasteiger partial charge in [-0.15, -0.1) is 0 Å². The van der Waals surface area contributed by atoms with Crippen LogP contribution in [-0.4, -0.2) is 43.0 Å². The number of amides is 1. The summed E-state index contributed by atoms with van der Waals surface area (Å²) in [4.78, 5) is 17.1. The van der Waals surface area contributed by atoms with Gasteiger partial charge in [-0.2, -0.15) is 0 Å². The molecule has 1 amide bonds. The summed E-state index contributed by atoms with van der Waals surface area (Å²) < 4.78 is 0. The second-order valence-corrected chi connectivity index (χ2v) is 7.00. The molecule has 4 nitrogen and oxygen atoms in total. The van der Waals surface area contributed by atoms with Gasteiger partial charge in [0.1, 0.15) is 0 Å². The standard InChI is InChI=1S/C19H29N3O/c1-3-11-21(4-2)16-8-5-14(6-9-16)19(23)22-12-15-7-10-18(20)17(15)13-22/h5-6,8-9,15,17-18H,3-4,7,10-13,20H2,1-2H3. The van der Waals surface area contributed by atoms with Gasteiger partial charge in [-0.1, -0.05) is 6.92 Å². The molecular formula is C19H29N3O. The molecule has 1 aliphatic carbocycles. The van der Waals surface area contributed by atoms with Crippen LogP contribution in [-0.2, 0) is 0 Å². The van der Waals surface area contributed by atoms with Gasteiger partial charge in [0.15, 0.2) is 0 Å². The number of hydrogen-bond donors (Lipinski definition) is 1. The van der Waals surface area contributed by atoms with E-state index in [0.717, 1.165) is 44.6 Å². The maximum atomic E-state index is 12.7. The number of nitrogens with zero attached hydrogens (tertiary/aromatic N) is 2. The average molecular weight is 315 g/mol. The zero-order valence-electron chi connectivity index (χ0n) is 14.4. The predicted octanol–water partition coefficient (Wildman–Crippen LogP) is 2.73. The number of rotatable bonds is 5. The van der Waals surface area contributed by atoms with Gasteiger partial charge in [-0.3, -0.25) is 4.79 Å². The Morgan fingerprint density at radius 2 is 1.96 bits per heavy atom. The molecule has 1 aliphatic heterocycles. The Bertz CT molecular complexity index is 542. The van der Waals surface area contributed by atoms with Crippen LogP contribution in [0, 0.1) is 11.8 Å². The molecule has 2 fully saturated rings. The summed E-state index contributed by atoms with van der Waals surface area (Å²) in [6.07, 6.45) is 3.43. The van der Waals surface area contributed by atoms with Gasteiger partial charge in [0.25, 0.3) is 5.91 Å². The molecule has 126 valence electrons. The molecule has 1 aromatic carbocycles. The molecule has 23 heavy (non-hydrogen) atoms. The summed E-state index contributed by atoms with van der Waals surface area (Å²) in [6.45, 7) is 8.13. The van der Waals surface area contributed by atoms with E-state index in [2.05, 4.69) is 30.9 Å². The minimum Gasteiger partial charge on any atom is -0.372 e. The molecule has 0 radical (unpaired) electrons. The van der Waals surface area contributed by atoms with Crippen molar-refractivity contribution in [2.45, 2.75) is 39.2 Å². The summed E-state index contributed by atoms with van der Waals surface area (Å²) in [5, 5.41) is 0. The first kappa shape index (κ1) is 16.3. The smallest absolute Gasteiger partial charge is 0.253 e. The van der Waals surface area contributed by atoms with Gasteiger partial charge in [0.05, 0.1) is 0 Å². The lowest BCUT2D eigenvalue weighted by Crippen LogP contribution is -2.33. The molecule has 3 rings (SSSR count). The van der Waals surface area contributed by atoms with E-state index in [9.17, 15) is 4.79 Å². The van der Waals surface area contributed by atoms with Crippen LogP contribution in [0.5, 0.6) is 0 Å². The van der Waals surface area contributed by atoms with Crippen molar-refractivity contribution >= 4 is 11.6 Å². The SMILES string of the molecule is CCCN(CC)c1ccc(C(=O)N2CC3CCC(N)C3C2)cc1. The largest absolute Gasteiger partial charge is 0.372 e. The van der Waals surface area contributed by atoms with Crippen molar-refractivity contribution in [1.29, 1.82) is 0 Å². The van der Waals surface area contributed by atoms with E-state index in [1.54, 1.807) is 0 Å². The van der Waals surface area contributed by atoms with Crippen LogP contribution in [0.4, 0.5) is 5.69 Å². The maximum absolute atomic E-state index is 12.7. The third-order valence-corrected chi connectivity index (χ3v) is 5.55. The minimum atomic E-state index is 0.164. The normalized spacial score (nSPS) is 26.4. The molecule has 1 saturated carbocycles. The lowest BCUT2D eigenvalue weighted by atomic mass is 9.98. The molecule has 1 saturated heterocycles. The van der Waals surface area contributed by atoms with Crippen molar-refractivity contribution in [3.8, 4) is 0 Å². The second kappa shape index (κ2) is 6.91. The van der Waals surface area contributed by atoms with Gasteiger partial charge in [0, 0.05) is 43.5 Å². The van der Waals surface area contributed by atoms with E-state index < -0.39 is 0 Å². The zero-order valence-corrected chi connectivity index (χ0v) is 14.4. The lowest BCUT2D eigenvalue weighted by Gasteiger charge is -2.23. The van der Waals surface area contributed by atoms with Crippen LogP contribution in [0.25, 0.3) is 0 Å². The fourth-order valence-corrected chi connectivity index (χ4v) is 4.21. The van der Waals surface area contributed by atoms with Crippen molar-refractivity contribution in [3.63, 3.8) is 0 Å². The fourth-order valence-electron chi connectivity index (χ4n) is 4.21. The number of hydrogen-bond acceptors (Lipinski definition) is 3. The molecule has 3 unspecified atom stereocenters. The Morgan fingerprint density at radius 1 is 1.22 bits per heavy atom. The van der Waals surface area contributed by atoms with Crippen LogP contribution in [0.1, 0.15) is 43.5 Å². The van der Waals surface area contributed by atoms with Crippen LogP contribution >= 0.6 is 0 Å². The Labute approximate surface area is 139 Å². The average Bonchev–Trinajstić information content (AvgIpc) is 3.14. The second-order valence-electron chi connectivity index (χ2n) is 7.00. The lowest BCUT2D eigenvalue weighted by molar-refractivity contribution is 0.0779. The first-order valence-electron chi connectivity index (χ1n) is 9.03. The van der Waals surface area contributed by atoms with E-state index in [-0.39, 0.29) is 11.9 Å². The first-order chi connectivity index (χ1) is 11.1. The summed E-state index contributed by atoms with van der Waals surface area (Å²) in [6, 6.07) is 8.39. The number of anilines is 1. The molecule has 2 aliphatic rings. The highest BCUT2D eigenvalue weighted by atomic mass is 16.2. The molecule has 0 spiro atoms. The van der Waals surface area contributed by atoms with Crippen molar-refractivity contribution in [2.75, 3.05) is 31.1 Å². The molecule has 0 bridgehead atoms. The van der Waals surface area contributed by atoms with Gasteiger partial charge >= 0.3 is 0 Å². The van der Waals surface area contributed by atoms with Crippen molar-refractivity contribution in [1.82, 2.24) is 4.90 Å². The molecule has 2 N–H and O–H groups in total. The summed E-state index contributed by atoms with van der Waals surface area (Å²) >= 11 is 0. The van der Waals surface area contributed by atoms with E-state index >= 15 is 0 Å². The predicted molar refractivity (Wildman–Crippen MR) is 94.7 cm³/mol. The van der Waals surface area contributed by atoms with Crippen molar-refractivity contribution in [3.05, 3.63) is 29.8 Å². The highest BCUT2D eigenvalue weighted by Gasteiger charge is 2.42. The number of fused-ring (bicyclic) bond motifs is 1. The third kappa shape index (κ3) is 3.23. The molecule has 1 heterocycles. The van der Waals surface area contributed by atoms with E-state index in [4.69, 9.17) is 5.73 Å². The Balaban J connectivity index is 1.66. The monoisotopic (exact) mass is 315 g/mol. The fraction of sp³-hybridized carbons (Fsp3) is 0.632. The Morgan fingerprint density at radius 3 is 2.57 bits per heavy atom. The van der Waals surface area contributed by atoms with E-state index in [1.165, 1.54) is 12.1 Å². The maximum Gasteiger partial charge on any atom is 0.253 e. The number of nitrogens with two attached hydrogens (primary N) is 1. The number of likely N-dealkylation sites (tertiary alicyclic amines) is 1. The zero-order chi connectivity index (χ0) is 16.4. The summed E-state index contributed by atoms with van der Waals surface area (Å²) in [5.74, 6) is 1.29. The third-order valence-electron chi connectivity index (χ3n) is 5.55. The topological polar surface area (TPSA) is 49.6 Å². The molecule has 1 aromatic rings. The summed E-state index contributed by atoms with van der Waals surface area (Å²) in [7, 11) is 0. The van der Waals surface area contributed by atoms with Crippen molar-refractivity contribution < 1.29 is 4.79 Å². The van der Waals surface area contributed by atoms with Crippen molar-refractivity contribution in [2.24, 2.45) is 17.6 Å². The van der Waals surface area contributed by atoms with Crippen LogP contribution in [0.3, 0.4) is 0 Å². The van der Waals surface area contributed by atoms with Gasteiger partial charge in [-0.25, -0.2) is 0 Å². The van der Waals surface area contributed by atoms with Gasteiger partial charge in [-0.05, 0) is 62.3 Å². The van der Waals surface area contributed by atoms with Crippen LogP contribution in [0.15, 0.2) is 24.3 Å². The first-order valence-corrected chi connectivity index (χ1v) is 9.03. The van der Waals surface area contributed by atoms with Gasteiger partial charge < -0.3 is 15.5 Å². The van der Waals surface area contributed by atoms with E-state index in [0.29, 0.717) is 11.8 Å². The number of benzene rings is 1. The Kier molecular flexibility index (Phi) is 4.90.